The average molecular weight is 267 g/mol. The molecule has 3 aromatic rings. The first-order valence-electron chi connectivity index (χ1n) is 6.57. The van der Waals surface area contributed by atoms with Crippen molar-refractivity contribution in [2.75, 3.05) is 5.73 Å². The van der Waals surface area contributed by atoms with Gasteiger partial charge in [-0.05, 0) is 32.4 Å². The predicted octanol–water partition coefficient (Wildman–Crippen LogP) is 3.56. The molecule has 0 aliphatic heterocycles. The smallest absolute Gasteiger partial charge is 0.161 e. The Morgan fingerprint density at radius 1 is 1.10 bits per heavy atom. The Bertz CT molecular complexity index is 824. The summed E-state index contributed by atoms with van der Waals surface area (Å²) in [6.45, 7) is 5.44. The zero-order valence-corrected chi connectivity index (χ0v) is 11.8. The van der Waals surface area contributed by atoms with E-state index in [1.54, 1.807) is 6.92 Å². The van der Waals surface area contributed by atoms with Gasteiger partial charge < -0.3 is 15.7 Å². The highest BCUT2D eigenvalue weighted by atomic mass is 16.1. The van der Waals surface area contributed by atoms with Gasteiger partial charge in [-0.2, -0.15) is 0 Å². The van der Waals surface area contributed by atoms with Crippen molar-refractivity contribution in [3.63, 3.8) is 0 Å². The van der Waals surface area contributed by atoms with E-state index in [9.17, 15) is 4.79 Å². The summed E-state index contributed by atoms with van der Waals surface area (Å²) in [5, 5.41) is 0.999. The van der Waals surface area contributed by atoms with Crippen molar-refractivity contribution in [1.29, 1.82) is 0 Å². The number of ketones is 1. The first-order chi connectivity index (χ1) is 9.50. The van der Waals surface area contributed by atoms with Gasteiger partial charge in [0, 0.05) is 22.2 Å². The average Bonchev–Trinajstić information content (AvgIpc) is 2.88. The standard InChI is InChI=1S/C16H17N3O/c1-8-13(10(3)20)9(2)18-15(8)16-14(17)11-6-4-5-7-12(11)19-16/h4-7,18-19H,17H2,1-3H3. The Morgan fingerprint density at radius 2 is 1.80 bits per heavy atom. The van der Waals surface area contributed by atoms with Gasteiger partial charge in [0.1, 0.15) is 0 Å². The lowest BCUT2D eigenvalue weighted by Gasteiger charge is -2.00. The molecular weight excluding hydrogens is 250 g/mol. The fourth-order valence-electron chi connectivity index (χ4n) is 2.89. The Balaban J connectivity index is 2.29. The summed E-state index contributed by atoms with van der Waals surface area (Å²) < 4.78 is 0. The molecule has 4 nitrogen and oxygen atoms in total. The minimum atomic E-state index is 0.0668. The van der Waals surface area contributed by atoms with Crippen LogP contribution in [0.2, 0.25) is 0 Å². The van der Waals surface area contributed by atoms with E-state index in [1.807, 2.05) is 38.1 Å². The molecule has 4 N–H and O–H groups in total. The topological polar surface area (TPSA) is 74.7 Å². The number of hydrogen-bond donors (Lipinski definition) is 3. The van der Waals surface area contributed by atoms with E-state index in [0.29, 0.717) is 5.69 Å². The largest absolute Gasteiger partial charge is 0.396 e. The summed E-state index contributed by atoms with van der Waals surface area (Å²) >= 11 is 0. The monoisotopic (exact) mass is 267 g/mol. The van der Waals surface area contributed by atoms with Gasteiger partial charge in [-0.1, -0.05) is 18.2 Å². The van der Waals surface area contributed by atoms with Gasteiger partial charge in [-0.3, -0.25) is 4.79 Å². The second kappa shape index (κ2) is 4.27. The molecule has 0 spiro atoms. The molecule has 0 saturated carbocycles. The van der Waals surface area contributed by atoms with Crippen LogP contribution in [0.4, 0.5) is 5.69 Å². The Morgan fingerprint density at radius 3 is 2.40 bits per heavy atom. The maximum absolute atomic E-state index is 11.7. The second-order valence-electron chi connectivity index (χ2n) is 5.14. The maximum atomic E-state index is 11.7. The Labute approximate surface area is 117 Å². The van der Waals surface area contributed by atoms with Gasteiger partial charge in [-0.15, -0.1) is 0 Å². The molecule has 102 valence electrons. The quantitative estimate of drug-likeness (QED) is 0.621. The van der Waals surface area contributed by atoms with Crippen LogP contribution in [0.5, 0.6) is 0 Å². The highest BCUT2D eigenvalue weighted by Crippen LogP contribution is 2.35. The van der Waals surface area contributed by atoms with Crippen LogP contribution in [-0.4, -0.2) is 15.8 Å². The zero-order valence-electron chi connectivity index (χ0n) is 11.8. The molecule has 0 fully saturated rings. The molecule has 3 rings (SSSR count). The van der Waals surface area contributed by atoms with Crippen molar-refractivity contribution >= 4 is 22.4 Å². The molecule has 2 aromatic heterocycles. The fraction of sp³-hybridized carbons (Fsp3) is 0.188. The van der Waals surface area contributed by atoms with E-state index in [1.165, 1.54) is 0 Å². The molecule has 4 heteroatoms. The molecule has 0 saturated heterocycles. The van der Waals surface area contributed by atoms with E-state index < -0.39 is 0 Å². The number of rotatable bonds is 2. The molecular formula is C16H17N3O. The van der Waals surface area contributed by atoms with Crippen molar-refractivity contribution in [2.45, 2.75) is 20.8 Å². The number of nitrogens with two attached hydrogens (primary N) is 1. The van der Waals surface area contributed by atoms with Crippen LogP contribution in [0.3, 0.4) is 0 Å². The van der Waals surface area contributed by atoms with Gasteiger partial charge in [0.2, 0.25) is 0 Å². The number of H-pyrrole nitrogens is 2. The van der Waals surface area contributed by atoms with Crippen LogP contribution in [0, 0.1) is 13.8 Å². The minimum absolute atomic E-state index is 0.0668. The van der Waals surface area contributed by atoms with Crippen LogP contribution in [0.25, 0.3) is 22.3 Å². The lowest BCUT2D eigenvalue weighted by molar-refractivity contribution is 0.101. The van der Waals surface area contributed by atoms with Crippen molar-refractivity contribution in [3.05, 3.63) is 41.1 Å². The van der Waals surface area contributed by atoms with E-state index in [2.05, 4.69) is 9.97 Å². The number of Topliss-reactive ketones (excluding diaryl/α,β-unsaturated/α-hetero) is 1. The van der Waals surface area contributed by atoms with Crippen LogP contribution in [0.1, 0.15) is 28.5 Å². The van der Waals surface area contributed by atoms with E-state index >= 15 is 0 Å². The zero-order chi connectivity index (χ0) is 14.4. The molecule has 0 aliphatic carbocycles. The van der Waals surface area contributed by atoms with Crippen LogP contribution >= 0.6 is 0 Å². The molecule has 20 heavy (non-hydrogen) atoms. The van der Waals surface area contributed by atoms with Crippen LogP contribution < -0.4 is 5.73 Å². The number of nitrogens with one attached hydrogen (secondary N) is 2. The minimum Gasteiger partial charge on any atom is -0.396 e. The fourth-order valence-corrected chi connectivity index (χ4v) is 2.89. The number of aryl methyl sites for hydroxylation is 1. The van der Waals surface area contributed by atoms with Crippen molar-refractivity contribution in [3.8, 4) is 11.4 Å². The molecule has 1 aromatic carbocycles. The second-order valence-corrected chi connectivity index (χ2v) is 5.14. The number of carbonyl (C=O) groups is 1. The first-order valence-corrected chi connectivity index (χ1v) is 6.57. The van der Waals surface area contributed by atoms with E-state index in [-0.39, 0.29) is 5.78 Å². The number of nitrogen functional groups attached to an aromatic ring is 1. The Hall–Kier alpha value is -2.49. The SMILES string of the molecule is CC(=O)c1c(C)[nH]c(-c2[nH]c3ccccc3c2N)c1C. The Kier molecular flexibility index (Phi) is 2.67. The van der Waals surface area contributed by atoms with Gasteiger partial charge in [-0.25, -0.2) is 0 Å². The van der Waals surface area contributed by atoms with Gasteiger partial charge in [0.15, 0.2) is 5.78 Å². The first kappa shape index (κ1) is 12.5. The molecule has 0 amide bonds. The number of benzene rings is 1. The highest BCUT2D eigenvalue weighted by Gasteiger charge is 2.19. The van der Waals surface area contributed by atoms with Gasteiger partial charge >= 0.3 is 0 Å². The van der Waals surface area contributed by atoms with Crippen LogP contribution in [-0.2, 0) is 0 Å². The number of hydrogen-bond acceptors (Lipinski definition) is 2. The number of anilines is 1. The summed E-state index contributed by atoms with van der Waals surface area (Å²) in [6.07, 6.45) is 0. The van der Waals surface area contributed by atoms with Gasteiger partial charge in [0.25, 0.3) is 0 Å². The lowest BCUT2D eigenvalue weighted by Crippen LogP contribution is -1.95. The van der Waals surface area contributed by atoms with E-state index in [4.69, 9.17) is 5.73 Å². The molecule has 2 heterocycles. The lowest BCUT2D eigenvalue weighted by atomic mass is 10.1. The number of aromatic amines is 2. The number of aromatic nitrogens is 2. The molecule has 0 radical (unpaired) electrons. The summed E-state index contributed by atoms with van der Waals surface area (Å²) in [5.74, 6) is 0.0668. The van der Waals surface area contributed by atoms with Crippen molar-refractivity contribution in [1.82, 2.24) is 9.97 Å². The molecule has 0 unspecified atom stereocenters. The third-order valence-electron chi connectivity index (χ3n) is 3.79. The van der Waals surface area contributed by atoms with E-state index in [0.717, 1.165) is 39.1 Å². The van der Waals surface area contributed by atoms with Crippen molar-refractivity contribution in [2.24, 2.45) is 0 Å². The third kappa shape index (κ3) is 1.65. The normalized spacial score (nSPS) is 11.2. The van der Waals surface area contributed by atoms with Gasteiger partial charge in [0.05, 0.1) is 17.1 Å². The molecule has 0 bridgehead atoms. The number of fused-ring (bicyclic) bond motifs is 1. The summed E-state index contributed by atoms with van der Waals surface area (Å²) in [5.41, 5.74) is 12.2. The predicted molar refractivity (Wildman–Crippen MR) is 82.0 cm³/mol. The maximum Gasteiger partial charge on any atom is 0.161 e. The summed E-state index contributed by atoms with van der Waals surface area (Å²) in [4.78, 5) is 18.3. The highest BCUT2D eigenvalue weighted by molar-refractivity contribution is 6.03. The number of carbonyl (C=O) groups excluding carboxylic acids is 1. The molecule has 0 atom stereocenters. The summed E-state index contributed by atoms with van der Waals surface area (Å²) in [6, 6.07) is 7.91. The molecule has 0 aliphatic rings. The third-order valence-corrected chi connectivity index (χ3v) is 3.79. The summed E-state index contributed by atoms with van der Waals surface area (Å²) in [7, 11) is 0. The van der Waals surface area contributed by atoms with Crippen molar-refractivity contribution < 1.29 is 4.79 Å². The van der Waals surface area contributed by atoms with Crippen LogP contribution in [0.15, 0.2) is 24.3 Å². The number of para-hydroxylation sites is 1.